The molecule has 0 unspecified atom stereocenters. The van der Waals surface area contributed by atoms with Crippen LogP contribution in [0.5, 0.6) is 0 Å². The van der Waals surface area contributed by atoms with Crippen LogP contribution >= 0.6 is 11.8 Å². The molecule has 5 nitrogen and oxygen atoms in total. The van der Waals surface area contributed by atoms with Crippen molar-refractivity contribution in [2.24, 2.45) is 0 Å². The van der Waals surface area contributed by atoms with Gasteiger partial charge in [-0.15, -0.1) is 0 Å². The van der Waals surface area contributed by atoms with Gasteiger partial charge in [-0.2, -0.15) is 0 Å². The molecule has 6 heteroatoms. The first-order valence-corrected chi connectivity index (χ1v) is 6.79. The summed E-state index contributed by atoms with van der Waals surface area (Å²) in [6.07, 6.45) is 3.64. The molecule has 0 atom stereocenters. The van der Waals surface area contributed by atoms with E-state index in [0.29, 0.717) is 6.54 Å². The third-order valence-corrected chi connectivity index (χ3v) is 3.04. The first-order chi connectivity index (χ1) is 8.72. The van der Waals surface area contributed by atoms with Crippen LogP contribution in [0.3, 0.4) is 0 Å². The molecular weight excluding hydrogens is 248 g/mol. The van der Waals surface area contributed by atoms with Gasteiger partial charge in [-0.3, -0.25) is 0 Å². The minimum absolute atomic E-state index is 0.682. The first kappa shape index (κ1) is 12.8. The monoisotopic (exact) mass is 264 g/mol. The molecule has 0 fully saturated rings. The Kier molecular flexibility index (Phi) is 4.09. The fourth-order valence-electron chi connectivity index (χ4n) is 1.55. The molecule has 2 aromatic rings. The van der Waals surface area contributed by atoms with Gasteiger partial charge in [0.05, 0.1) is 12.8 Å². The Bertz CT molecular complexity index is 479. The Morgan fingerprint density at radius 2 is 2.28 bits per heavy atom. The zero-order valence-corrected chi connectivity index (χ0v) is 11.5. The molecule has 0 aliphatic rings. The minimum Gasteiger partial charge on any atom is -0.467 e. The van der Waals surface area contributed by atoms with E-state index in [-0.39, 0.29) is 0 Å². The van der Waals surface area contributed by atoms with E-state index < -0.39 is 0 Å². The number of hydrogen-bond acceptors (Lipinski definition) is 6. The number of hydrogen-bond donors (Lipinski definition) is 1. The van der Waals surface area contributed by atoms with Crippen molar-refractivity contribution in [1.82, 2.24) is 9.97 Å². The summed E-state index contributed by atoms with van der Waals surface area (Å²) in [6, 6.07) is 5.75. The van der Waals surface area contributed by atoms with Gasteiger partial charge in [-0.05, 0) is 18.4 Å². The van der Waals surface area contributed by atoms with Crippen LogP contribution in [0.1, 0.15) is 5.76 Å². The number of nitrogens with zero attached hydrogens (tertiary/aromatic N) is 3. The SMILES string of the molecule is CNc1cc(N(C)Cc2ccco2)nc(SC)n1. The molecule has 2 aromatic heterocycles. The molecule has 0 bridgehead atoms. The van der Waals surface area contributed by atoms with E-state index in [4.69, 9.17) is 4.42 Å². The Labute approximate surface area is 111 Å². The van der Waals surface area contributed by atoms with Crippen LogP contribution in [0.25, 0.3) is 0 Å². The summed E-state index contributed by atoms with van der Waals surface area (Å²) >= 11 is 1.53. The quantitative estimate of drug-likeness (QED) is 0.661. The first-order valence-electron chi connectivity index (χ1n) is 5.57. The van der Waals surface area contributed by atoms with E-state index in [9.17, 15) is 0 Å². The van der Waals surface area contributed by atoms with E-state index in [2.05, 4.69) is 15.3 Å². The van der Waals surface area contributed by atoms with Crippen molar-refractivity contribution in [2.75, 3.05) is 30.6 Å². The molecule has 0 aromatic carbocycles. The largest absolute Gasteiger partial charge is 0.467 e. The van der Waals surface area contributed by atoms with E-state index >= 15 is 0 Å². The van der Waals surface area contributed by atoms with Gasteiger partial charge in [-0.1, -0.05) is 11.8 Å². The molecule has 0 aliphatic heterocycles. The van der Waals surface area contributed by atoms with Crippen molar-refractivity contribution < 1.29 is 4.42 Å². The smallest absolute Gasteiger partial charge is 0.191 e. The molecule has 0 saturated heterocycles. The van der Waals surface area contributed by atoms with Crippen molar-refractivity contribution in [3.05, 3.63) is 30.2 Å². The number of nitrogens with one attached hydrogen (secondary N) is 1. The molecule has 0 aliphatic carbocycles. The highest BCUT2D eigenvalue weighted by molar-refractivity contribution is 7.98. The molecular formula is C12H16N4OS. The summed E-state index contributed by atoms with van der Waals surface area (Å²) in [5.74, 6) is 2.60. The van der Waals surface area contributed by atoms with Crippen LogP contribution in [-0.2, 0) is 6.54 Å². The third kappa shape index (κ3) is 2.95. The molecule has 1 N–H and O–H groups in total. The van der Waals surface area contributed by atoms with E-state index in [1.54, 1.807) is 6.26 Å². The maximum atomic E-state index is 5.33. The third-order valence-electron chi connectivity index (χ3n) is 2.50. The van der Waals surface area contributed by atoms with Crippen LogP contribution < -0.4 is 10.2 Å². The van der Waals surface area contributed by atoms with Crippen LogP contribution in [0.15, 0.2) is 34.0 Å². The number of thioether (sulfide) groups is 1. The minimum atomic E-state index is 0.682. The van der Waals surface area contributed by atoms with Crippen molar-refractivity contribution >= 4 is 23.4 Å². The fourth-order valence-corrected chi connectivity index (χ4v) is 1.92. The van der Waals surface area contributed by atoms with Crippen LogP contribution in [0, 0.1) is 0 Å². The topological polar surface area (TPSA) is 54.2 Å². The van der Waals surface area contributed by atoms with E-state index in [0.717, 1.165) is 22.6 Å². The lowest BCUT2D eigenvalue weighted by Crippen LogP contribution is -2.18. The normalized spacial score (nSPS) is 10.4. The average molecular weight is 264 g/mol. The van der Waals surface area contributed by atoms with Gasteiger partial charge in [-0.25, -0.2) is 9.97 Å². The molecule has 18 heavy (non-hydrogen) atoms. The summed E-state index contributed by atoms with van der Waals surface area (Å²) in [5.41, 5.74) is 0. The summed E-state index contributed by atoms with van der Waals surface area (Å²) in [6.45, 7) is 0.682. The van der Waals surface area contributed by atoms with Gasteiger partial charge in [0.2, 0.25) is 0 Å². The Morgan fingerprint density at radius 1 is 1.44 bits per heavy atom. The lowest BCUT2D eigenvalue weighted by atomic mass is 10.4. The van der Waals surface area contributed by atoms with Crippen LogP contribution in [0.2, 0.25) is 0 Å². The molecule has 0 amide bonds. The Hall–Kier alpha value is -1.69. The van der Waals surface area contributed by atoms with Gasteiger partial charge < -0.3 is 14.6 Å². The second-order valence-electron chi connectivity index (χ2n) is 3.78. The Balaban J connectivity index is 2.20. The number of furan rings is 1. The fraction of sp³-hybridized carbons (Fsp3) is 0.333. The van der Waals surface area contributed by atoms with Crippen LogP contribution in [0.4, 0.5) is 11.6 Å². The maximum absolute atomic E-state index is 5.33. The standard InChI is InChI=1S/C12H16N4OS/c1-13-10-7-11(15-12(14-10)18-3)16(2)8-9-5-4-6-17-9/h4-7H,8H2,1-3H3,(H,13,14,15). The van der Waals surface area contributed by atoms with Gasteiger partial charge >= 0.3 is 0 Å². The summed E-state index contributed by atoms with van der Waals surface area (Å²) < 4.78 is 5.33. The van der Waals surface area contributed by atoms with Gasteiger partial charge in [0.15, 0.2) is 5.16 Å². The number of aromatic nitrogens is 2. The highest BCUT2D eigenvalue weighted by Gasteiger charge is 2.09. The van der Waals surface area contributed by atoms with Crippen LogP contribution in [-0.4, -0.2) is 30.3 Å². The summed E-state index contributed by atoms with van der Waals surface area (Å²) in [4.78, 5) is 10.8. The van der Waals surface area contributed by atoms with Crippen molar-refractivity contribution in [1.29, 1.82) is 0 Å². The zero-order valence-electron chi connectivity index (χ0n) is 10.7. The lowest BCUT2D eigenvalue weighted by molar-refractivity contribution is 0.506. The lowest BCUT2D eigenvalue weighted by Gasteiger charge is -2.17. The molecule has 0 saturated carbocycles. The van der Waals surface area contributed by atoms with Crippen molar-refractivity contribution in [3.63, 3.8) is 0 Å². The van der Waals surface area contributed by atoms with Gasteiger partial charge in [0.25, 0.3) is 0 Å². The maximum Gasteiger partial charge on any atom is 0.191 e. The molecule has 0 radical (unpaired) electrons. The second-order valence-corrected chi connectivity index (χ2v) is 4.56. The predicted octanol–water partition coefficient (Wildman–Crippen LogP) is 2.47. The Morgan fingerprint density at radius 3 is 2.89 bits per heavy atom. The van der Waals surface area contributed by atoms with Gasteiger partial charge in [0, 0.05) is 20.2 Å². The molecule has 2 heterocycles. The zero-order chi connectivity index (χ0) is 13.0. The molecule has 2 rings (SSSR count). The number of anilines is 2. The van der Waals surface area contributed by atoms with E-state index in [1.165, 1.54) is 11.8 Å². The summed E-state index contributed by atoms with van der Waals surface area (Å²) in [5, 5.41) is 3.79. The highest BCUT2D eigenvalue weighted by atomic mass is 32.2. The van der Waals surface area contributed by atoms with Crippen molar-refractivity contribution in [2.45, 2.75) is 11.7 Å². The summed E-state index contributed by atoms with van der Waals surface area (Å²) in [7, 11) is 3.83. The highest BCUT2D eigenvalue weighted by Crippen LogP contribution is 2.20. The molecule has 96 valence electrons. The average Bonchev–Trinajstić information content (AvgIpc) is 2.90. The van der Waals surface area contributed by atoms with Gasteiger partial charge in [0.1, 0.15) is 17.4 Å². The van der Waals surface area contributed by atoms with E-state index in [1.807, 2.05) is 43.5 Å². The molecule has 0 spiro atoms. The second kappa shape index (κ2) is 5.77. The predicted molar refractivity (Wildman–Crippen MR) is 74.2 cm³/mol. The van der Waals surface area contributed by atoms with Crippen molar-refractivity contribution in [3.8, 4) is 0 Å². The number of rotatable bonds is 5.